The highest BCUT2D eigenvalue weighted by atomic mass is 35.5. The maximum absolute atomic E-state index is 13.6. The number of nitrogens with zero attached hydrogens (tertiary/aromatic N) is 2. The first-order chi connectivity index (χ1) is 14.7. The molecule has 0 atom stereocenters. The third-order valence-corrected chi connectivity index (χ3v) is 4.52. The zero-order chi connectivity index (χ0) is 22.7. The Morgan fingerprint density at radius 3 is 2.39 bits per heavy atom. The molecule has 0 saturated heterocycles. The fourth-order valence-corrected chi connectivity index (χ4v) is 2.72. The van der Waals surface area contributed by atoms with E-state index in [0.29, 0.717) is 30.2 Å². The van der Waals surface area contributed by atoms with Gasteiger partial charge in [0.15, 0.2) is 11.5 Å². The van der Waals surface area contributed by atoms with Crippen molar-refractivity contribution in [3.8, 4) is 5.75 Å². The number of hydrogen-bond donors (Lipinski definition) is 1. The van der Waals surface area contributed by atoms with Crippen molar-refractivity contribution in [1.82, 2.24) is 15.1 Å². The molecule has 2 aromatic heterocycles. The molecule has 2 heterocycles. The minimum atomic E-state index is -2.29. The van der Waals surface area contributed by atoms with Crippen LogP contribution in [0, 0.1) is 36.0 Å². The van der Waals surface area contributed by atoms with Crippen LogP contribution in [0.25, 0.3) is 0 Å². The Morgan fingerprint density at radius 2 is 1.77 bits per heavy atom. The number of nitrogens with one attached hydrogen (secondary N) is 1. The van der Waals surface area contributed by atoms with E-state index in [4.69, 9.17) is 16.0 Å². The Morgan fingerprint density at radius 1 is 1.13 bits per heavy atom. The van der Waals surface area contributed by atoms with Crippen LogP contribution in [-0.2, 0) is 13.2 Å². The topological polar surface area (TPSA) is 69.3 Å². The van der Waals surface area contributed by atoms with Gasteiger partial charge in [-0.2, -0.15) is 13.9 Å². The number of hydrogen-bond acceptors (Lipinski definition) is 4. The lowest BCUT2D eigenvalue weighted by atomic mass is 10.2. The van der Waals surface area contributed by atoms with Gasteiger partial charge in [-0.15, -0.1) is 0 Å². The Hall–Kier alpha value is -3.08. The van der Waals surface area contributed by atoms with E-state index >= 15 is 0 Å². The van der Waals surface area contributed by atoms with Gasteiger partial charge < -0.3 is 14.5 Å². The SMILES string of the molecule is Cc1nn(CCCNC(=O)c2ccc(COc3c(F)c(F)c(F)c(F)c3F)o2)cc1Cl. The first kappa shape index (κ1) is 22.6. The largest absolute Gasteiger partial charge is 0.479 e. The molecule has 1 aromatic carbocycles. The summed E-state index contributed by atoms with van der Waals surface area (Å²) in [6.45, 7) is 1.93. The fraction of sp³-hybridized carbons (Fsp3) is 0.263. The zero-order valence-electron chi connectivity index (χ0n) is 15.9. The molecule has 0 aliphatic carbocycles. The lowest BCUT2D eigenvalue weighted by Gasteiger charge is -2.09. The number of ether oxygens (including phenoxy) is 1. The second kappa shape index (κ2) is 9.38. The van der Waals surface area contributed by atoms with Crippen LogP contribution in [0.4, 0.5) is 22.0 Å². The van der Waals surface area contributed by atoms with Crippen molar-refractivity contribution < 1.29 is 35.9 Å². The minimum Gasteiger partial charge on any atom is -0.479 e. The molecule has 3 rings (SSSR count). The summed E-state index contributed by atoms with van der Waals surface area (Å²) in [5, 5.41) is 7.33. The molecule has 3 aromatic rings. The number of aromatic nitrogens is 2. The molecule has 0 saturated carbocycles. The van der Waals surface area contributed by atoms with Crippen LogP contribution < -0.4 is 10.1 Å². The molecule has 31 heavy (non-hydrogen) atoms. The van der Waals surface area contributed by atoms with Gasteiger partial charge in [-0.1, -0.05) is 11.6 Å². The number of amides is 1. The van der Waals surface area contributed by atoms with Crippen molar-refractivity contribution in [1.29, 1.82) is 0 Å². The minimum absolute atomic E-state index is 0.0595. The first-order valence-corrected chi connectivity index (χ1v) is 9.27. The second-order valence-corrected chi connectivity index (χ2v) is 6.80. The van der Waals surface area contributed by atoms with Crippen LogP contribution in [0.2, 0.25) is 5.02 Å². The molecule has 1 N–H and O–H groups in total. The van der Waals surface area contributed by atoms with Gasteiger partial charge in [0.25, 0.3) is 5.91 Å². The monoisotopic (exact) mass is 463 g/mol. The average molecular weight is 464 g/mol. The standard InChI is InChI=1S/C19H15ClF5N3O3/c1-9-11(20)7-28(27-9)6-2-5-26-19(29)12-4-3-10(31-12)8-30-18-16(24)14(22)13(21)15(23)17(18)25/h3-4,7H,2,5-6,8H2,1H3,(H,26,29). The lowest BCUT2D eigenvalue weighted by molar-refractivity contribution is 0.0920. The molecule has 0 radical (unpaired) electrons. The Labute approximate surface area is 177 Å². The highest BCUT2D eigenvalue weighted by Crippen LogP contribution is 2.29. The van der Waals surface area contributed by atoms with Crippen LogP contribution in [-0.4, -0.2) is 22.2 Å². The van der Waals surface area contributed by atoms with Gasteiger partial charge in [-0.3, -0.25) is 9.48 Å². The van der Waals surface area contributed by atoms with Crippen molar-refractivity contribution in [3.63, 3.8) is 0 Å². The molecular formula is C19H15ClF5N3O3. The predicted octanol–water partition coefficient (Wildman–Crippen LogP) is 4.53. The second-order valence-electron chi connectivity index (χ2n) is 6.39. The van der Waals surface area contributed by atoms with Gasteiger partial charge in [-0.05, 0) is 25.5 Å². The summed E-state index contributed by atoms with van der Waals surface area (Å²) in [7, 11) is 0. The van der Waals surface area contributed by atoms with E-state index < -0.39 is 47.3 Å². The van der Waals surface area contributed by atoms with Crippen LogP contribution in [0.15, 0.2) is 22.7 Å². The molecule has 0 spiro atoms. The molecule has 0 unspecified atom stereocenters. The van der Waals surface area contributed by atoms with Crippen molar-refractivity contribution in [2.24, 2.45) is 0 Å². The van der Waals surface area contributed by atoms with E-state index in [1.54, 1.807) is 17.8 Å². The molecule has 0 aliphatic rings. The van der Waals surface area contributed by atoms with Crippen LogP contribution >= 0.6 is 11.6 Å². The summed E-state index contributed by atoms with van der Waals surface area (Å²) in [6.07, 6.45) is 2.22. The summed E-state index contributed by atoms with van der Waals surface area (Å²) in [6, 6.07) is 2.55. The van der Waals surface area contributed by atoms with E-state index in [-0.39, 0.29) is 11.5 Å². The summed E-state index contributed by atoms with van der Waals surface area (Å²) in [5.41, 5.74) is 0.696. The molecule has 1 amide bonds. The Bertz CT molecular complexity index is 1070. The summed E-state index contributed by atoms with van der Waals surface area (Å²) in [4.78, 5) is 12.1. The van der Waals surface area contributed by atoms with E-state index in [2.05, 4.69) is 15.2 Å². The van der Waals surface area contributed by atoms with Gasteiger partial charge in [0.2, 0.25) is 29.1 Å². The van der Waals surface area contributed by atoms with Crippen LogP contribution in [0.5, 0.6) is 5.75 Å². The van der Waals surface area contributed by atoms with E-state index in [1.165, 1.54) is 12.1 Å². The van der Waals surface area contributed by atoms with Gasteiger partial charge in [-0.25, -0.2) is 13.2 Å². The maximum Gasteiger partial charge on any atom is 0.286 e. The molecule has 0 aliphatic heterocycles. The quantitative estimate of drug-likeness (QED) is 0.231. The number of furan rings is 1. The Kier molecular flexibility index (Phi) is 6.84. The molecule has 0 fully saturated rings. The zero-order valence-corrected chi connectivity index (χ0v) is 16.7. The number of rotatable bonds is 8. The van der Waals surface area contributed by atoms with Gasteiger partial charge in [0, 0.05) is 19.3 Å². The van der Waals surface area contributed by atoms with Crippen LogP contribution in [0.1, 0.15) is 28.4 Å². The molecule has 166 valence electrons. The van der Waals surface area contributed by atoms with Crippen LogP contribution in [0.3, 0.4) is 0 Å². The van der Waals surface area contributed by atoms with Gasteiger partial charge >= 0.3 is 0 Å². The summed E-state index contributed by atoms with van der Waals surface area (Å²) in [5.74, 6) is -12.9. The molecule has 6 nitrogen and oxygen atoms in total. The van der Waals surface area contributed by atoms with Crippen molar-refractivity contribution in [3.05, 3.63) is 69.7 Å². The molecular weight excluding hydrogens is 449 g/mol. The molecule has 0 bridgehead atoms. The highest BCUT2D eigenvalue weighted by Gasteiger charge is 2.27. The number of benzene rings is 1. The smallest absolute Gasteiger partial charge is 0.286 e. The van der Waals surface area contributed by atoms with Crippen molar-refractivity contribution in [2.45, 2.75) is 26.5 Å². The van der Waals surface area contributed by atoms with Crippen molar-refractivity contribution >= 4 is 17.5 Å². The third-order valence-electron chi connectivity index (χ3n) is 4.15. The van der Waals surface area contributed by atoms with Gasteiger partial charge in [0.05, 0.1) is 10.7 Å². The number of carbonyl (C=O) groups excluding carboxylic acids is 1. The van der Waals surface area contributed by atoms with E-state index in [9.17, 15) is 26.7 Å². The lowest BCUT2D eigenvalue weighted by Crippen LogP contribution is -2.24. The van der Waals surface area contributed by atoms with Crippen molar-refractivity contribution in [2.75, 3.05) is 6.54 Å². The first-order valence-electron chi connectivity index (χ1n) is 8.89. The predicted molar refractivity (Wildman–Crippen MR) is 98.2 cm³/mol. The maximum atomic E-state index is 13.6. The molecule has 12 heteroatoms. The van der Waals surface area contributed by atoms with E-state index in [0.717, 1.165) is 0 Å². The summed E-state index contributed by atoms with van der Waals surface area (Å²) < 4.78 is 78.1. The average Bonchev–Trinajstić information content (AvgIpc) is 3.34. The van der Waals surface area contributed by atoms with Gasteiger partial charge in [0.1, 0.15) is 12.4 Å². The number of aryl methyl sites for hydroxylation is 2. The summed E-state index contributed by atoms with van der Waals surface area (Å²) >= 11 is 5.91. The normalized spacial score (nSPS) is 11.1. The Balaban J connectivity index is 1.52. The number of carbonyl (C=O) groups is 1. The third kappa shape index (κ3) is 4.98. The fourth-order valence-electron chi connectivity index (χ4n) is 2.57. The highest BCUT2D eigenvalue weighted by molar-refractivity contribution is 6.31. The number of halogens is 6. The van der Waals surface area contributed by atoms with E-state index in [1.807, 2.05) is 0 Å².